The van der Waals surface area contributed by atoms with Crippen molar-refractivity contribution in [2.24, 2.45) is 0 Å². The molecule has 0 spiro atoms. The molecule has 0 aromatic heterocycles. The van der Waals surface area contributed by atoms with Gasteiger partial charge in [-0.1, -0.05) is 49.4 Å². The van der Waals surface area contributed by atoms with Gasteiger partial charge in [-0.3, -0.25) is 13.9 Å². The number of sulfonamides is 1. The number of benzene rings is 3. The predicted molar refractivity (Wildman–Crippen MR) is 153 cm³/mol. The quantitative estimate of drug-likeness (QED) is 0.359. The van der Waals surface area contributed by atoms with Crippen molar-refractivity contribution in [2.75, 3.05) is 24.5 Å². The number of carbonyl (C=O) groups is 2. The van der Waals surface area contributed by atoms with Crippen LogP contribution in [-0.4, -0.2) is 51.4 Å². The largest absolute Gasteiger partial charge is 0.497 e. The van der Waals surface area contributed by atoms with Crippen LogP contribution in [0.25, 0.3) is 0 Å². The molecule has 0 heterocycles. The van der Waals surface area contributed by atoms with Crippen LogP contribution in [-0.2, 0) is 26.2 Å². The molecule has 0 saturated heterocycles. The van der Waals surface area contributed by atoms with Gasteiger partial charge < -0.3 is 15.0 Å². The first-order valence-corrected chi connectivity index (χ1v) is 14.4. The fourth-order valence-corrected chi connectivity index (χ4v) is 5.64. The highest BCUT2D eigenvalue weighted by Crippen LogP contribution is 2.29. The highest BCUT2D eigenvalue weighted by molar-refractivity contribution is 7.92. The summed E-state index contributed by atoms with van der Waals surface area (Å²) < 4.78 is 34.2. The summed E-state index contributed by atoms with van der Waals surface area (Å²) >= 11 is 0. The van der Waals surface area contributed by atoms with E-state index in [1.54, 1.807) is 56.5 Å². The van der Waals surface area contributed by atoms with E-state index in [1.165, 1.54) is 17.0 Å². The average molecular weight is 552 g/mol. The molecule has 0 bridgehead atoms. The Hall–Kier alpha value is -3.85. The van der Waals surface area contributed by atoms with E-state index in [1.807, 2.05) is 39.0 Å². The van der Waals surface area contributed by atoms with Crippen molar-refractivity contribution in [1.82, 2.24) is 10.2 Å². The number of rotatable bonds is 12. The smallest absolute Gasteiger partial charge is 0.264 e. The first-order chi connectivity index (χ1) is 18.6. The molecule has 1 N–H and O–H groups in total. The Balaban J connectivity index is 2.04. The van der Waals surface area contributed by atoms with Crippen molar-refractivity contribution >= 4 is 27.5 Å². The normalized spacial score (nSPS) is 11.9. The fourth-order valence-electron chi connectivity index (χ4n) is 4.14. The Kier molecular flexibility index (Phi) is 10.1. The van der Waals surface area contributed by atoms with E-state index in [0.717, 1.165) is 27.4 Å². The molecule has 208 valence electrons. The van der Waals surface area contributed by atoms with Crippen LogP contribution in [0.4, 0.5) is 5.69 Å². The standard InChI is InChI=1S/C30H37N3O5S/c1-6-19-31-30(35)24(4)32(20-25-15-17-26(38-5)18-16-25)29(34)21-33(28-14-10-11-22(2)23(28)3)39(36,37)27-12-8-7-9-13-27/h7-18,24H,6,19-21H2,1-5H3,(H,31,35)/t24-/m1/s1. The maximum absolute atomic E-state index is 14.0. The van der Waals surface area contributed by atoms with Crippen molar-refractivity contribution in [3.63, 3.8) is 0 Å². The minimum Gasteiger partial charge on any atom is -0.497 e. The Labute approximate surface area is 231 Å². The van der Waals surface area contributed by atoms with Crippen LogP contribution in [0.3, 0.4) is 0 Å². The Morgan fingerprint density at radius 1 is 0.949 bits per heavy atom. The number of methoxy groups -OCH3 is 1. The molecule has 2 amide bonds. The number of nitrogens with zero attached hydrogens (tertiary/aromatic N) is 2. The lowest BCUT2D eigenvalue weighted by atomic mass is 10.1. The number of nitrogens with one attached hydrogen (secondary N) is 1. The molecule has 39 heavy (non-hydrogen) atoms. The maximum atomic E-state index is 14.0. The van der Waals surface area contributed by atoms with Gasteiger partial charge in [0.2, 0.25) is 11.8 Å². The number of anilines is 1. The van der Waals surface area contributed by atoms with Gasteiger partial charge in [0.05, 0.1) is 17.7 Å². The summed E-state index contributed by atoms with van der Waals surface area (Å²) in [5, 5.41) is 2.84. The molecule has 3 rings (SSSR count). The third-order valence-electron chi connectivity index (χ3n) is 6.68. The van der Waals surface area contributed by atoms with Gasteiger partial charge in [-0.15, -0.1) is 0 Å². The second-order valence-electron chi connectivity index (χ2n) is 9.38. The molecule has 1 atom stereocenters. The number of carbonyl (C=O) groups excluding carboxylic acids is 2. The van der Waals surface area contributed by atoms with Crippen LogP contribution in [0, 0.1) is 13.8 Å². The van der Waals surface area contributed by atoms with E-state index in [2.05, 4.69) is 5.32 Å². The van der Waals surface area contributed by atoms with Gasteiger partial charge in [-0.2, -0.15) is 0 Å². The molecule has 0 aliphatic rings. The molecule has 0 saturated carbocycles. The molecular weight excluding hydrogens is 514 g/mol. The molecule has 9 heteroatoms. The van der Waals surface area contributed by atoms with Crippen molar-refractivity contribution in [3.05, 3.63) is 89.5 Å². The summed E-state index contributed by atoms with van der Waals surface area (Å²) in [5.74, 6) is -0.131. The first-order valence-electron chi connectivity index (χ1n) is 12.9. The summed E-state index contributed by atoms with van der Waals surface area (Å²) in [5.41, 5.74) is 2.85. The monoisotopic (exact) mass is 551 g/mol. The minimum absolute atomic E-state index is 0.0779. The van der Waals surface area contributed by atoms with Crippen molar-refractivity contribution in [2.45, 2.75) is 51.6 Å². The number of hydrogen-bond donors (Lipinski definition) is 1. The number of amides is 2. The summed E-state index contributed by atoms with van der Waals surface area (Å²) in [7, 11) is -2.53. The van der Waals surface area contributed by atoms with Gasteiger partial charge in [-0.25, -0.2) is 8.42 Å². The minimum atomic E-state index is -4.10. The molecule has 3 aromatic rings. The lowest BCUT2D eigenvalue weighted by Crippen LogP contribution is -2.51. The van der Waals surface area contributed by atoms with E-state index in [0.29, 0.717) is 18.0 Å². The zero-order valence-corrected chi connectivity index (χ0v) is 24.0. The SMILES string of the molecule is CCCNC(=O)[C@@H](C)N(Cc1ccc(OC)cc1)C(=O)CN(c1cccc(C)c1C)S(=O)(=O)c1ccccc1. The van der Waals surface area contributed by atoms with Crippen molar-refractivity contribution in [1.29, 1.82) is 0 Å². The topological polar surface area (TPSA) is 96.0 Å². The molecular formula is C30H37N3O5S. The Morgan fingerprint density at radius 2 is 1.62 bits per heavy atom. The predicted octanol–water partition coefficient (Wildman–Crippen LogP) is 4.45. The number of hydrogen-bond acceptors (Lipinski definition) is 5. The van der Waals surface area contributed by atoms with E-state index >= 15 is 0 Å². The van der Waals surface area contributed by atoms with Crippen molar-refractivity contribution in [3.8, 4) is 5.75 Å². The van der Waals surface area contributed by atoms with Gasteiger partial charge in [0.15, 0.2) is 0 Å². The van der Waals surface area contributed by atoms with Crippen LogP contribution >= 0.6 is 0 Å². The van der Waals surface area contributed by atoms with Crippen LogP contribution in [0.15, 0.2) is 77.7 Å². The highest BCUT2D eigenvalue weighted by Gasteiger charge is 2.33. The summed E-state index contributed by atoms with van der Waals surface area (Å²) in [4.78, 5) is 28.4. The van der Waals surface area contributed by atoms with Gasteiger partial charge in [-0.05, 0) is 74.2 Å². The van der Waals surface area contributed by atoms with Gasteiger partial charge >= 0.3 is 0 Å². The van der Waals surface area contributed by atoms with E-state index in [9.17, 15) is 18.0 Å². The molecule has 0 aliphatic carbocycles. The summed E-state index contributed by atoms with van der Waals surface area (Å²) in [6, 6.07) is 19.8. The second-order valence-corrected chi connectivity index (χ2v) is 11.2. The number of ether oxygens (including phenoxy) is 1. The summed E-state index contributed by atoms with van der Waals surface area (Å²) in [6.07, 6.45) is 0.751. The lowest BCUT2D eigenvalue weighted by molar-refractivity contribution is -0.139. The zero-order chi connectivity index (χ0) is 28.6. The van der Waals surface area contributed by atoms with Crippen LogP contribution in [0.2, 0.25) is 0 Å². The molecule has 8 nitrogen and oxygen atoms in total. The van der Waals surface area contributed by atoms with Crippen LogP contribution in [0.5, 0.6) is 5.75 Å². The van der Waals surface area contributed by atoms with Crippen LogP contribution < -0.4 is 14.4 Å². The second kappa shape index (κ2) is 13.3. The maximum Gasteiger partial charge on any atom is 0.264 e. The first kappa shape index (κ1) is 29.7. The summed E-state index contributed by atoms with van der Waals surface area (Å²) in [6.45, 7) is 7.45. The zero-order valence-electron chi connectivity index (χ0n) is 23.2. The van der Waals surface area contributed by atoms with E-state index < -0.39 is 28.5 Å². The fraction of sp³-hybridized carbons (Fsp3) is 0.333. The average Bonchev–Trinajstić information content (AvgIpc) is 2.95. The van der Waals surface area contributed by atoms with Gasteiger partial charge in [0.25, 0.3) is 10.0 Å². The molecule has 3 aromatic carbocycles. The number of aryl methyl sites for hydroxylation is 1. The third-order valence-corrected chi connectivity index (χ3v) is 8.46. The van der Waals surface area contributed by atoms with Crippen LogP contribution in [0.1, 0.15) is 37.0 Å². The van der Waals surface area contributed by atoms with E-state index in [4.69, 9.17) is 4.74 Å². The molecule has 0 unspecified atom stereocenters. The third kappa shape index (κ3) is 7.17. The Bertz CT molecular complexity index is 1380. The molecule has 0 aliphatic heterocycles. The molecule has 0 fully saturated rings. The molecule has 0 radical (unpaired) electrons. The lowest BCUT2D eigenvalue weighted by Gasteiger charge is -2.32. The van der Waals surface area contributed by atoms with Gasteiger partial charge in [0, 0.05) is 13.1 Å². The highest BCUT2D eigenvalue weighted by atomic mass is 32.2. The van der Waals surface area contributed by atoms with Crippen molar-refractivity contribution < 1.29 is 22.7 Å². The van der Waals surface area contributed by atoms with Gasteiger partial charge in [0.1, 0.15) is 18.3 Å². The van der Waals surface area contributed by atoms with E-state index in [-0.39, 0.29) is 17.3 Å². The Morgan fingerprint density at radius 3 is 2.23 bits per heavy atom.